The minimum absolute atomic E-state index is 0.221. The van der Waals surface area contributed by atoms with E-state index in [2.05, 4.69) is 59.3 Å². The first-order chi connectivity index (χ1) is 11.8. The fourth-order valence-electron chi connectivity index (χ4n) is 3.35. The fraction of sp³-hybridized carbons (Fsp3) is 0.143. The van der Waals surface area contributed by atoms with E-state index in [1.165, 1.54) is 27.9 Å². The predicted octanol–water partition coefficient (Wildman–Crippen LogP) is 5.57. The van der Waals surface area contributed by atoms with Crippen LogP contribution in [0.1, 0.15) is 12.5 Å². The van der Waals surface area contributed by atoms with Gasteiger partial charge in [0.15, 0.2) is 0 Å². The van der Waals surface area contributed by atoms with Gasteiger partial charge in [-0.15, -0.1) is 0 Å². The van der Waals surface area contributed by atoms with Gasteiger partial charge in [-0.25, -0.2) is 4.39 Å². The summed E-state index contributed by atoms with van der Waals surface area (Å²) in [7, 11) is 0. The van der Waals surface area contributed by atoms with E-state index in [0.29, 0.717) is 12.2 Å². The number of hydrogen-bond acceptors (Lipinski definition) is 1. The van der Waals surface area contributed by atoms with Crippen LogP contribution in [0.2, 0.25) is 0 Å². The molecule has 0 bridgehead atoms. The monoisotopic (exact) mass is 318 g/mol. The highest BCUT2D eigenvalue weighted by Gasteiger charge is 2.09. The van der Waals surface area contributed by atoms with Crippen LogP contribution < -0.4 is 5.32 Å². The van der Waals surface area contributed by atoms with Gasteiger partial charge in [0.05, 0.1) is 5.69 Å². The Balaban J connectivity index is 1.73. The molecular formula is C21H19FN2. The Labute approximate surface area is 140 Å². The normalized spacial score (nSPS) is 11.2. The molecule has 0 fully saturated rings. The molecule has 0 saturated carbocycles. The van der Waals surface area contributed by atoms with Crippen LogP contribution in [0, 0.1) is 5.82 Å². The highest BCUT2D eigenvalue weighted by atomic mass is 19.1. The van der Waals surface area contributed by atoms with Crippen LogP contribution in [-0.2, 0) is 13.1 Å². The van der Waals surface area contributed by atoms with Gasteiger partial charge in [-0.1, -0.05) is 36.4 Å². The van der Waals surface area contributed by atoms with Gasteiger partial charge in [-0.2, -0.15) is 0 Å². The van der Waals surface area contributed by atoms with Crippen molar-refractivity contribution in [2.24, 2.45) is 0 Å². The van der Waals surface area contributed by atoms with Crippen molar-refractivity contribution in [1.82, 2.24) is 4.57 Å². The van der Waals surface area contributed by atoms with Crippen LogP contribution in [0.5, 0.6) is 0 Å². The van der Waals surface area contributed by atoms with E-state index in [-0.39, 0.29) is 5.82 Å². The number of nitrogens with zero attached hydrogens (tertiary/aromatic N) is 1. The summed E-state index contributed by atoms with van der Waals surface area (Å²) in [5.74, 6) is -0.221. The molecule has 3 aromatic carbocycles. The molecule has 0 amide bonds. The molecule has 1 heterocycles. The van der Waals surface area contributed by atoms with Crippen molar-refractivity contribution in [1.29, 1.82) is 0 Å². The zero-order chi connectivity index (χ0) is 16.5. The molecule has 0 saturated heterocycles. The van der Waals surface area contributed by atoms with Gasteiger partial charge in [0.25, 0.3) is 0 Å². The molecule has 3 heteroatoms. The average molecular weight is 318 g/mol. The number of halogens is 1. The number of para-hydroxylation sites is 2. The molecule has 0 aliphatic heterocycles. The minimum atomic E-state index is -0.221. The molecule has 0 aliphatic carbocycles. The van der Waals surface area contributed by atoms with E-state index >= 15 is 0 Å². The number of aromatic nitrogens is 1. The second-order valence-corrected chi connectivity index (χ2v) is 5.95. The molecule has 0 radical (unpaired) electrons. The van der Waals surface area contributed by atoms with Gasteiger partial charge < -0.3 is 9.88 Å². The molecule has 0 atom stereocenters. The third kappa shape index (κ3) is 2.42. The van der Waals surface area contributed by atoms with Crippen molar-refractivity contribution in [2.75, 3.05) is 5.32 Å². The van der Waals surface area contributed by atoms with Gasteiger partial charge in [0.2, 0.25) is 0 Å². The highest BCUT2D eigenvalue weighted by molar-refractivity contribution is 6.08. The SMILES string of the molecule is CCn1c2ccccc2c2cc(CNc3ccccc3F)ccc21. The number of hydrogen-bond donors (Lipinski definition) is 1. The molecule has 24 heavy (non-hydrogen) atoms. The van der Waals surface area contributed by atoms with Crippen LogP contribution >= 0.6 is 0 Å². The number of anilines is 1. The van der Waals surface area contributed by atoms with Gasteiger partial charge in [-0.05, 0) is 42.8 Å². The van der Waals surface area contributed by atoms with Crippen molar-refractivity contribution < 1.29 is 4.39 Å². The summed E-state index contributed by atoms with van der Waals surface area (Å²) >= 11 is 0. The van der Waals surface area contributed by atoms with Crippen LogP contribution in [0.25, 0.3) is 21.8 Å². The van der Waals surface area contributed by atoms with Crippen LogP contribution in [-0.4, -0.2) is 4.57 Å². The summed E-state index contributed by atoms with van der Waals surface area (Å²) in [5.41, 5.74) is 4.18. The lowest BCUT2D eigenvalue weighted by molar-refractivity contribution is 0.630. The van der Waals surface area contributed by atoms with Crippen molar-refractivity contribution in [3.8, 4) is 0 Å². The quantitative estimate of drug-likeness (QED) is 0.521. The van der Waals surface area contributed by atoms with E-state index in [4.69, 9.17) is 0 Å². The first-order valence-corrected chi connectivity index (χ1v) is 8.26. The Hall–Kier alpha value is -2.81. The molecule has 1 aromatic heterocycles. The number of benzene rings is 3. The minimum Gasteiger partial charge on any atom is -0.379 e. The molecule has 2 nitrogen and oxygen atoms in total. The molecular weight excluding hydrogens is 299 g/mol. The lowest BCUT2D eigenvalue weighted by Crippen LogP contribution is -2.01. The summed E-state index contributed by atoms with van der Waals surface area (Å²) in [4.78, 5) is 0. The Kier molecular flexibility index (Phi) is 3.69. The molecule has 0 spiro atoms. The van der Waals surface area contributed by atoms with Crippen molar-refractivity contribution in [2.45, 2.75) is 20.0 Å². The van der Waals surface area contributed by atoms with Gasteiger partial charge in [0.1, 0.15) is 5.82 Å². The Bertz CT molecular complexity index is 1020. The maximum atomic E-state index is 13.7. The Morgan fingerprint density at radius 2 is 1.62 bits per heavy atom. The third-order valence-electron chi connectivity index (χ3n) is 4.51. The van der Waals surface area contributed by atoms with E-state index in [9.17, 15) is 4.39 Å². The second-order valence-electron chi connectivity index (χ2n) is 5.95. The van der Waals surface area contributed by atoms with Crippen molar-refractivity contribution in [3.63, 3.8) is 0 Å². The summed E-state index contributed by atoms with van der Waals surface area (Å²) in [6.07, 6.45) is 0. The molecule has 120 valence electrons. The first-order valence-electron chi connectivity index (χ1n) is 8.26. The lowest BCUT2D eigenvalue weighted by Gasteiger charge is -2.08. The highest BCUT2D eigenvalue weighted by Crippen LogP contribution is 2.29. The molecule has 4 rings (SSSR count). The van der Waals surface area contributed by atoms with E-state index in [1.54, 1.807) is 12.1 Å². The average Bonchev–Trinajstić information content (AvgIpc) is 2.94. The van der Waals surface area contributed by atoms with Gasteiger partial charge >= 0.3 is 0 Å². The molecule has 0 aliphatic rings. The summed E-state index contributed by atoms with van der Waals surface area (Å²) in [5, 5.41) is 5.70. The lowest BCUT2D eigenvalue weighted by atomic mass is 10.1. The summed E-state index contributed by atoms with van der Waals surface area (Å²) in [6, 6.07) is 21.7. The predicted molar refractivity (Wildman–Crippen MR) is 98.8 cm³/mol. The topological polar surface area (TPSA) is 17.0 Å². The van der Waals surface area contributed by atoms with Crippen LogP contribution in [0.4, 0.5) is 10.1 Å². The van der Waals surface area contributed by atoms with Crippen molar-refractivity contribution in [3.05, 3.63) is 78.1 Å². The number of fused-ring (bicyclic) bond motifs is 3. The zero-order valence-corrected chi connectivity index (χ0v) is 13.6. The Morgan fingerprint density at radius 1 is 0.875 bits per heavy atom. The molecule has 4 aromatic rings. The Morgan fingerprint density at radius 3 is 2.46 bits per heavy atom. The smallest absolute Gasteiger partial charge is 0.146 e. The maximum Gasteiger partial charge on any atom is 0.146 e. The van der Waals surface area contributed by atoms with Gasteiger partial charge in [0, 0.05) is 34.9 Å². The fourth-order valence-corrected chi connectivity index (χ4v) is 3.35. The number of aryl methyl sites for hydroxylation is 1. The van der Waals surface area contributed by atoms with E-state index in [0.717, 1.165) is 12.1 Å². The summed E-state index contributed by atoms with van der Waals surface area (Å²) in [6.45, 7) is 3.71. The molecule has 1 N–H and O–H groups in total. The van der Waals surface area contributed by atoms with Crippen LogP contribution in [0.15, 0.2) is 66.7 Å². The van der Waals surface area contributed by atoms with Crippen LogP contribution in [0.3, 0.4) is 0 Å². The van der Waals surface area contributed by atoms with E-state index in [1.807, 2.05) is 6.07 Å². The van der Waals surface area contributed by atoms with E-state index < -0.39 is 0 Å². The van der Waals surface area contributed by atoms with Gasteiger partial charge in [-0.3, -0.25) is 0 Å². The zero-order valence-electron chi connectivity index (χ0n) is 13.6. The molecule has 0 unspecified atom stereocenters. The largest absolute Gasteiger partial charge is 0.379 e. The first kappa shape index (κ1) is 14.8. The maximum absolute atomic E-state index is 13.7. The summed E-state index contributed by atoms with van der Waals surface area (Å²) < 4.78 is 16.1. The standard InChI is InChI=1S/C21H19FN2/c1-2-24-20-10-6-3-7-16(20)17-13-15(11-12-21(17)24)14-23-19-9-5-4-8-18(19)22/h3-13,23H,2,14H2,1H3. The third-order valence-corrected chi connectivity index (χ3v) is 4.51. The number of rotatable bonds is 4. The second kappa shape index (κ2) is 6.00. The number of nitrogens with one attached hydrogen (secondary N) is 1. The van der Waals surface area contributed by atoms with Crippen molar-refractivity contribution >= 4 is 27.5 Å².